The molecule has 0 saturated carbocycles. The Hall–Kier alpha value is -3.78. The van der Waals surface area contributed by atoms with Crippen molar-refractivity contribution in [2.75, 3.05) is 0 Å². The Morgan fingerprint density at radius 2 is 0.722 bits per heavy atom. The molecule has 3 aliphatic rings. The van der Waals surface area contributed by atoms with Crippen LogP contribution in [0, 0.1) is 41.5 Å². The Balaban J connectivity index is 1.70. The van der Waals surface area contributed by atoms with Crippen LogP contribution in [0.4, 0.5) is 11.4 Å². The van der Waals surface area contributed by atoms with Gasteiger partial charge in [-0.25, -0.2) is 9.98 Å². The number of benzene rings is 4. The number of aliphatic imine (C=N–C) groups is 2. The lowest BCUT2D eigenvalue weighted by molar-refractivity contribution is 0.876. The van der Waals surface area contributed by atoms with Crippen molar-refractivity contribution in [2.24, 2.45) is 9.98 Å². The summed E-state index contributed by atoms with van der Waals surface area (Å²) in [5.74, 6) is 0.152. The van der Waals surface area contributed by atoms with Crippen LogP contribution in [0.15, 0.2) is 82.8 Å². The first-order valence-electron chi connectivity index (χ1n) is 12.8. The average Bonchev–Trinajstić information content (AvgIpc) is 2.84. The van der Waals surface area contributed by atoms with Gasteiger partial charge in [-0.3, -0.25) is 0 Å². The van der Waals surface area contributed by atoms with Crippen LogP contribution in [-0.4, -0.2) is 11.4 Å². The van der Waals surface area contributed by atoms with E-state index in [1.165, 1.54) is 55.6 Å². The van der Waals surface area contributed by atoms with Crippen LogP contribution >= 0.6 is 0 Å². The lowest BCUT2D eigenvalue weighted by atomic mass is 9.61. The number of aryl methyl sites for hydroxylation is 6. The number of fused-ring (bicyclic) bond motifs is 1. The second kappa shape index (κ2) is 8.41. The van der Waals surface area contributed by atoms with Gasteiger partial charge in [0.15, 0.2) is 0 Å². The van der Waals surface area contributed by atoms with Gasteiger partial charge < -0.3 is 0 Å². The fourth-order valence-corrected chi connectivity index (χ4v) is 6.48. The molecule has 0 spiro atoms. The first-order valence-corrected chi connectivity index (χ1v) is 12.8. The van der Waals surface area contributed by atoms with Gasteiger partial charge in [0.2, 0.25) is 0 Å². The van der Waals surface area contributed by atoms with Gasteiger partial charge in [-0.05, 0) is 86.1 Å². The molecule has 4 aromatic carbocycles. The Kier molecular flexibility index (Phi) is 5.30. The third-order valence-corrected chi connectivity index (χ3v) is 7.78. The van der Waals surface area contributed by atoms with Crippen molar-refractivity contribution in [2.45, 2.75) is 53.4 Å². The number of nitrogens with zero attached hydrogens (tertiary/aromatic N) is 2. The van der Waals surface area contributed by atoms with E-state index in [4.69, 9.17) is 9.98 Å². The summed E-state index contributed by atoms with van der Waals surface area (Å²) in [6.45, 7) is 13.0. The summed E-state index contributed by atoms with van der Waals surface area (Å²) >= 11 is 0. The molecule has 0 radical (unpaired) electrons. The van der Waals surface area contributed by atoms with E-state index in [9.17, 15) is 0 Å². The first kappa shape index (κ1) is 22.7. The van der Waals surface area contributed by atoms with E-state index in [1.54, 1.807) is 0 Å². The summed E-state index contributed by atoms with van der Waals surface area (Å²) in [5, 5.41) is 0. The lowest BCUT2D eigenvalue weighted by Crippen LogP contribution is -2.41. The number of rotatable bonds is 2. The molecule has 0 saturated heterocycles. The molecule has 0 fully saturated rings. The second-order valence-electron chi connectivity index (χ2n) is 10.6. The normalized spacial score (nSPS) is 20.1. The molecular formula is C34H32N2. The molecule has 2 nitrogen and oxygen atoms in total. The van der Waals surface area contributed by atoms with Crippen molar-refractivity contribution in [1.82, 2.24) is 0 Å². The molecule has 4 aromatic rings. The van der Waals surface area contributed by atoms with Gasteiger partial charge >= 0.3 is 0 Å². The molecule has 0 unspecified atom stereocenters. The van der Waals surface area contributed by atoms with Gasteiger partial charge in [0.1, 0.15) is 0 Å². The van der Waals surface area contributed by atoms with Gasteiger partial charge in [0.25, 0.3) is 0 Å². The number of hydrogen-bond donors (Lipinski definition) is 0. The fraction of sp³-hybridized carbons (Fsp3) is 0.235. The molecule has 7 rings (SSSR count). The molecule has 36 heavy (non-hydrogen) atoms. The molecule has 0 aliphatic heterocycles. The van der Waals surface area contributed by atoms with Gasteiger partial charge in [-0.15, -0.1) is 0 Å². The van der Waals surface area contributed by atoms with Crippen molar-refractivity contribution < 1.29 is 0 Å². The minimum absolute atomic E-state index is 0.0762. The van der Waals surface area contributed by atoms with Crippen molar-refractivity contribution in [1.29, 1.82) is 0 Å². The van der Waals surface area contributed by atoms with E-state index < -0.39 is 0 Å². The van der Waals surface area contributed by atoms with Gasteiger partial charge in [-0.1, -0.05) is 83.9 Å². The Morgan fingerprint density at radius 1 is 0.444 bits per heavy atom. The summed E-state index contributed by atoms with van der Waals surface area (Å²) in [7, 11) is 0. The average molecular weight is 469 g/mol. The Labute approximate surface area is 214 Å². The van der Waals surface area contributed by atoms with Gasteiger partial charge in [-0.2, -0.15) is 0 Å². The first-order chi connectivity index (χ1) is 17.3. The zero-order valence-corrected chi connectivity index (χ0v) is 22.0. The van der Waals surface area contributed by atoms with E-state index >= 15 is 0 Å². The van der Waals surface area contributed by atoms with Gasteiger partial charge in [0.05, 0.1) is 34.6 Å². The van der Waals surface area contributed by atoms with Crippen molar-refractivity contribution in [3.05, 3.63) is 128 Å². The summed E-state index contributed by atoms with van der Waals surface area (Å²) in [6, 6.07) is 26.7. The molecular weight excluding hydrogens is 436 g/mol. The largest absolute Gasteiger partial charge is 0.250 e. The van der Waals surface area contributed by atoms with E-state index in [-0.39, 0.29) is 11.8 Å². The van der Waals surface area contributed by atoms with Crippen LogP contribution < -0.4 is 0 Å². The predicted molar refractivity (Wildman–Crippen MR) is 152 cm³/mol. The highest BCUT2D eigenvalue weighted by molar-refractivity contribution is 6.50. The zero-order valence-electron chi connectivity index (χ0n) is 22.0. The van der Waals surface area contributed by atoms with Crippen LogP contribution in [0.3, 0.4) is 0 Å². The monoisotopic (exact) mass is 468 g/mol. The third-order valence-electron chi connectivity index (χ3n) is 7.78. The van der Waals surface area contributed by atoms with E-state index in [1.807, 2.05) is 0 Å². The molecule has 0 aromatic heterocycles. The highest BCUT2D eigenvalue weighted by atomic mass is 14.9. The van der Waals surface area contributed by atoms with Crippen LogP contribution in [0.2, 0.25) is 0 Å². The molecule has 2 bridgehead atoms. The molecule has 0 atom stereocenters. The molecule has 0 amide bonds. The second-order valence-corrected chi connectivity index (χ2v) is 10.6. The quantitative estimate of drug-likeness (QED) is 0.281. The zero-order chi connectivity index (χ0) is 25.1. The smallest absolute Gasteiger partial charge is 0.0754 e. The summed E-state index contributed by atoms with van der Waals surface area (Å²) in [5.41, 5.74) is 17.2. The van der Waals surface area contributed by atoms with Crippen LogP contribution in [0.5, 0.6) is 0 Å². The van der Waals surface area contributed by atoms with E-state index in [0.29, 0.717) is 0 Å². The SMILES string of the molecule is Cc1cc(C)c(N=C2C(=Nc3c(C)cc(C)cc3C)C3c4ccccc4C2c2ccccc23)c(C)c1. The van der Waals surface area contributed by atoms with Crippen LogP contribution in [-0.2, 0) is 0 Å². The molecule has 0 heterocycles. The topological polar surface area (TPSA) is 24.7 Å². The van der Waals surface area contributed by atoms with Crippen LogP contribution in [0.1, 0.15) is 67.5 Å². The third kappa shape index (κ3) is 3.47. The Morgan fingerprint density at radius 3 is 1.00 bits per heavy atom. The maximum absolute atomic E-state index is 5.48. The maximum atomic E-state index is 5.48. The van der Waals surface area contributed by atoms with Crippen molar-refractivity contribution in [3.63, 3.8) is 0 Å². The van der Waals surface area contributed by atoms with Crippen molar-refractivity contribution in [3.8, 4) is 0 Å². The maximum Gasteiger partial charge on any atom is 0.0754 e. The molecule has 3 aliphatic carbocycles. The molecule has 0 N–H and O–H groups in total. The molecule has 178 valence electrons. The number of hydrogen-bond acceptors (Lipinski definition) is 2. The Bertz CT molecular complexity index is 1390. The summed E-state index contributed by atoms with van der Waals surface area (Å²) in [6.07, 6.45) is 0. The van der Waals surface area contributed by atoms with Crippen LogP contribution in [0.25, 0.3) is 0 Å². The minimum Gasteiger partial charge on any atom is -0.250 e. The van der Waals surface area contributed by atoms with Gasteiger partial charge in [0, 0.05) is 0 Å². The molecule has 2 heteroatoms. The van der Waals surface area contributed by atoms with E-state index in [2.05, 4.69) is 114 Å². The van der Waals surface area contributed by atoms with Crippen molar-refractivity contribution >= 4 is 22.8 Å². The minimum atomic E-state index is 0.0762. The highest BCUT2D eigenvalue weighted by Crippen LogP contribution is 2.51. The fourth-order valence-electron chi connectivity index (χ4n) is 6.48. The summed E-state index contributed by atoms with van der Waals surface area (Å²) in [4.78, 5) is 11.0. The predicted octanol–water partition coefficient (Wildman–Crippen LogP) is 8.67. The standard InChI is InChI=1S/C34H32N2/c1-19-15-21(3)31(22(4)16-19)35-33-29-25-11-7-9-13-27(25)30(28-14-10-8-12-26(28)29)34(33)36-32-23(5)17-20(2)18-24(32)6/h7-18,29-30H,1-6H3. The lowest BCUT2D eigenvalue weighted by Gasteiger charge is -2.42. The highest BCUT2D eigenvalue weighted by Gasteiger charge is 2.45. The van der Waals surface area contributed by atoms with E-state index in [0.717, 1.165) is 22.8 Å². The summed E-state index contributed by atoms with van der Waals surface area (Å²) < 4.78 is 0.